The lowest BCUT2D eigenvalue weighted by molar-refractivity contribution is 0.0595. The number of esters is 1. The van der Waals surface area contributed by atoms with Gasteiger partial charge >= 0.3 is 5.97 Å². The Balaban J connectivity index is 2.59. The lowest BCUT2D eigenvalue weighted by Crippen LogP contribution is -2.25. The highest BCUT2D eigenvalue weighted by Gasteiger charge is 2.12. The highest BCUT2D eigenvalue weighted by atomic mass is 19.1. The Labute approximate surface area is 106 Å². The predicted octanol–water partition coefficient (Wildman–Crippen LogP) is 1.74. The fourth-order valence-electron chi connectivity index (χ4n) is 1.45. The number of hydrogen-bond acceptors (Lipinski definition) is 4. The third-order valence-electron chi connectivity index (χ3n) is 2.60. The van der Waals surface area contributed by atoms with Crippen LogP contribution in [-0.4, -0.2) is 32.8 Å². The van der Waals surface area contributed by atoms with Crippen molar-refractivity contribution in [3.05, 3.63) is 35.1 Å². The van der Waals surface area contributed by atoms with Crippen LogP contribution in [0.5, 0.6) is 0 Å². The summed E-state index contributed by atoms with van der Waals surface area (Å²) in [5.41, 5.74) is 0.718. The minimum Gasteiger partial charge on any atom is -0.465 e. The molecule has 0 bridgehead atoms. The normalized spacial score (nSPS) is 12.2. The topological polar surface area (TPSA) is 47.6 Å². The van der Waals surface area contributed by atoms with Crippen LogP contribution in [0.4, 0.5) is 4.39 Å². The molecule has 0 aliphatic carbocycles. The van der Waals surface area contributed by atoms with E-state index in [1.54, 1.807) is 13.2 Å². The Morgan fingerprint density at radius 3 is 2.72 bits per heavy atom. The molecular formula is C13H18FNO3. The van der Waals surface area contributed by atoms with E-state index < -0.39 is 11.8 Å². The molecule has 1 rings (SSSR count). The molecule has 1 aromatic carbocycles. The molecule has 1 aromatic rings. The van der Waals surface area contributed by atoms with E-state index in [0.717, 1.165) is 5.56 Å². The highest BCUT2D eigenvalue weighted by Crippen LogP contribution is 2.11. The number of halogens is 1. The van der Waals surface area contributed by atoms with Gasteiger partial charge in [-0.2, -0.15) is 0 Å². The number of benzene rings is 1. The number of rotatable bonds is 6. The molecule has 1 atom stereocenters. The Morgan fingerprint density at radius 2 is 2.17 bits per heavy atom. The molecule has 0 saturated carbocycles. The Bertz CT molecular complexity index is 409. The van der Waals surface area contributed by atoms with Crippen molar-refractivity contribution in [3.8, 4) is 0 Å². The smallest absolute Gasteiger partial charge is 0.340 e. The number of carbonyl (C=O) groups excluding carboxylic acids is 1. The van der Waals surface area contributed by atoms with E-state index in [0.29, 0.717) is 13.1 Å². The number of ether oxygens (including phenoxy) is 2. The van der Waals surface area contributed by atoms with Crippen molar-refractivity contribution in [3.63, 3.8) is 0 Å². The van der Waals surface area contributed by atoms with Crippen molar-refractivity contribution in [2.45, 2.75) is 19.6 Å². The molecule has 18 heavy (non-hydrogen) atoms. The second-order valence-electron chi connectivity index (χ2n) is 3.98. The summed E-state index contributed by atoms with van der Waals surface area (Å²) in [7, 11) is 2.86. The van der Waals surface area contributed by atoms with Gasteiger partial charge in [0, 0.05) is 20.2 Å². The monoisotopic (exact) mass is 255 g/mol. The van der Waals surface area contributed by atoms with Gasteiger partial charge in [-0.3, -0.25) is 0 Å². The van der Waals surface area contributed by atoms with Crippen LogP contribution in [0.3, 0.4) is 0 Å². The van der Waals surface area contributed by atoms with E-state index in [1.165, 1.54) is 19.2 Å². The molecule has 0 aromatic heterocycles. The lowest BCUT2D eigenvalue weighted by atomic mass is 10.1. The van der Waals surface area contributed by atoms with Crippen LogP contribution in [0, 0.1) is 5.82 Å². The van der Waals surface area contributed by atoms with Gasteiger partial charge in [0.05, 0.1) is 18.8 Å². The summed E-state index contributed by atoms with van der Waals surface area (Å²) in [6.45, 7) is 3.14. The number of methoxy groups -OCH3 is 2. The molecule has 0 spiro atoms. The van der Waals surface area contributed by atoms with Crippen LogP contribution in [0.25, 0.3) is 0 Å². The van der Waals surface area contributed by atoms with Crippen molar-refractivity contribution in [2.75, 3.05) is 20.8 Å². The summed E-state index contributed by atoms with van der Waals surface area (Å²) in [4.78, 5) is 11.2. The molecule has 0 heterocycles. The molecule has 0 saturated heterocycles. The molecule has 5 heteroatoms. The van der Waals surface area contributed by atoms with Crippen LogP contribution < -0.4 is 5.32 Å². The number of hydrogen-bond donors (Lipinski definition) is 1. The first-order chi connectivity index (χ1) is 8.58. The minimum atomic E-state index is -0.667. The first kappa shape index (κ1) is 14.6. The summed E-state index contributed by atoms with van der Waals surface area (Å²) in [6.07, 6.45) is 0.101. The van der Waals surface area contributed by atoms with E-state index in [2.05, 4.69) is 10.1 Å². The van der Waals surface area contributed by atoms with Crippen molar-refractivity contribution < 1.29 is 18.7 Å². The maximum Gasteiger partial charge on any atom is 0.340 e. The Kier molecular flexibility index (Phi) is 5.74. The predicted molar refractivity (Wildman–Crippen MR) is 65.9 cm³/mol. The van der Waals surface area contributed by atoms with Gasteiger partial charge in [0.1, 0.15) is 5.82 Å². The zero-order valence-electron chi connectivity index (χ0n) is 10.8. The SMILES string of the molecule is COC(=O)c1ccc(CNCC(C)OC)cc1F. The standard InChI is InChI=1S/C13H18FNO3/c1-9(17-2)7-15-8-10-4-5-11(12(14)6-10)13(16)18-3/h4-6,9,15H,7-8H2,1-3H3. The lowest BCUT2D eigenvalue weighted by Gasteiger charge is -2.11. The fraction of sp³-hybridized carbons (Fsp3) is 0.462. The van der Waals surface area contributed by atoms with Crippen LogP contribution in [0.1, 0.15) is 22.8 Å². The Hall–Kier alpha value is -1.46. The molecule has 0 amide bonds. The van der Waals surface area contributed by atoms with Gasteiger partial charge in [0.15, 0.2) is 0 Å². The summed E-state index contributed by atoms with van der Waals surface area (Å²) < 4.78 is 23.1. The van der Waals surface area contributed by atoms with Crippen LogP contribution in [0.15, 0.2) is 18.2 Å². The zero-order valence-corrected chi connectivity index (χ0v) is 10.8. The molecule has 4 nitrogen and oxygen atoms in total. The average Bonchev–Trinajstić information content (AvgIpc) is 2.37. The van der Waals surface area contributed by atoms with Gasteiger partial charge in [-0.1, -0.05) is 6.07 Å². The Morgan fingerprint density at radius 1 is 1.44 bits per heavy atom. The van der Waals surface area contributed by atoms with E-state index in [-0.39, 0.29) is 11.7 Å². The highest BCUT2D eigenvalue weighted by molar-refractivity contribution is 5.89. The van der Waals surface area contributed by atoms with Gasteiger partial charge in [-0.15, -0.1) is 0 Å². The van der Waals surface area contributed by atoms with Gasteiger partial charge in [0.25, 0.3) is 0 Å². The molecular weight excluding hydrogens is 237 g/mol. The molecule has 100 valence electrons. The van der Waals surface area contributed by atoms with Crippen molar-refractivity contribution >= 4 is 5.97 Å². The molecule has 1 N–H and O–H groups in total. The maximum atomic E-state index is 13.6. The quantitative estimate of drug-likeness (QED) is 0.786. The number of carbonyl (C=O) groups is 1. The average molecular weight is 255 g/mol. The van der Waals surface area contributed by atoms with E-state index in [4.69, 9.17) is 4.74 Å². The first-order valence-corrected chi connectivity index (χ1v) is 5.68. The second-order valence-corrected chi connectivity index (χ2v) is 3.98. The molecule has 1 unspecified atom stereocenters. The molecule has 0 aliphatic heterocycles. The minimum absolute atomic E-state index is 0.0495. The summed E-state index contributed by atoms with van der Waals surface area (Å²) in [5, 5.41) is 3.13. The van der Waals surface area contributed by atoms with Gasteiger partial charge in [0.2, 0.25) is 0 Å². The summed E-state index contributed by atoms with van der Waals surface area (Å²) in [6, 6.07) is 4.45. The third-order valence-corrected chi connectivity index (χ3v) is 2.60. The van der Waals surface area contributed by atoms with Crippen molar-refractivity contribution in [1.29, 1.82) is 0 Å². The van der Waals surface area contributed by atoms with Crippen molar-refractivity contribution in [2.24, 2.45) is 0 Å². The summed E-state index contributed by atoms with van der Waals surface area (Å²) in [5.74, 6) is -1.24. The van der Waals surface area contributed by atoms with Gasteiger partial charge in [-0.25, -0.2) is 9.18 Å². The molecule has 0 aliphatic rings. The van der Waals surface area contributed by atoms with Gasteiger partial charge in [-0.05, 0) is 24.6 Å². The van der Waals surface area contributed by atoms with Crippen LogP contribution >= 0.6 is 0 Å². The zero-order chi connectivity index (χ0) is 13.5. The van der Waals surface area contributed by atoms with Crippen LogP contribution in [-0.2, 0) is 16.0 Å². The first-order valence-electron chi connectivity index (χ1n) is 5.68. The molecule has 0 radical (unpaired) electrons. The third kappa shape index (κ3) is 4.09. The number of nitrogens with one attached hydrogen (secondary N) is 1. The maximum absolute atomic E-state index is 13.6. The van der Waals surface area contributed by atoms with Crippen LogP contribution in [0.2, 0.25) is 0 Å². The summed E-state index contributed by atoms with van der Waals surface area (Å²) >= 11 is 0. The van der Waals surface area contributed by atoms with Gasteiger partial charge < -0.3 is 14.8 Å². The van der Waals surface area contributed by atoms with Crippen molar-refractivity contribution in [1.82, 2.24) is 5.32 Å². The largest absolute Gasteiger partial charge is 0.465 e. The molecule has 0 fully saturated rings. The fourth-order valence-corrected chi connectivity index (χ4v) is 1.45. The van der Waals surface area contributed by atoms with E-state index in [1.807, 2.05) is 6.92 Å². The van der Waals surface area contributed by atoms with E-state index >= 15 is 0 Å². The second kappa shape index (κ2) is 7.08. The van der Waals surface area contributed by atoms with E-state index in [9.17, 15) is 9.18 Å².